The van der Waals surface area contributed by atoms with Crippen LogP contribution in [0.2, 0.25) is 0 Å². The highest BCUT2D eigenvalue weighted by Gasteiger charge is 2.24. The van der Waals surface area contributed by atoms with Gasteiger partial charge in [-0.1, -0.05) is 27.7 Å². The highest BCUT2D eigenvalue weighted by molar-refractivity contribution is 5.42. The van der Waals surface area contributed by atoms with E-state index in [4.69, 9.17) is 15.2 Å². The summed E-state index contributed by atoms with van der Waals surface area (Å²) in [5, 5.41) is 0. The Morgan fingerprint density at radius 1 is 1.16 bits per heavy atom. The fourth-order valence-corrected chi connectivity index (χ4v) is 1.99. The molecule has 0 saturated carbocycles. The monoisotopic (exact) mass is 265 g/mol. The Bertz CT molecular complexity index is 410. The Labute approximate surface area is 117 Å². The standard InChI is InChI=1S/C16H27NO2/c1-11(16(2,3)4)9-14(17)13-10-12(18-5)7-8-15(13)19-6/h7-8,10-11,14H,9,17H2,1-6H3. The van der Waals surface area contributed by atoms with Crippen LogP contribution in [0.15, 0.2) is 18.2 Å². The summed E-state index contributed by atoms with van der Waals surface area (Å²) in [6.07, 6.45) is 0.924. The van der Waals surface area contributed by atoms with Gasteiger partial charge in [-0.2, -0.15) is 0 Å². The van der Waals surface area contributed by atoms with Crippen molar-refractivity contribution in [2.24, 2.45) is 17.1 Å². The quantitative estimate of drug-likeness (QED) is 0.881. The van der Waals surface area contributed by atoms with E-state index in [1.54, 1.807) is 14.2 Å². The summed E-state index contributed by atoms with van der Waals surface area (Å²) in [4.78, 5) is 0. The Hall–Kier alpha value is -1.22. The first kappa shape index (κ1) is 15.8. The summed E-state index contributed by atoms with van der Waals surface area (Å²) in [6, 6.07) is 5.73. The van der Waals surface area contributed by atoms with E-state index in [-0.39, 0.29) is 11.5 Å². The molecule has 0 aromatic heterocycles. The van der Waals surface area contributed by atoms with Crippen molar-refractivity contribution in [3.05, 3.63) is 23.8 Å². The second kappa shape index (κ2) is 6.29. The van der Waals surface area contributed by atoms with Crippen molar-refractivity contribution < 1.29 is 9.47 Å². The zero-order valence-corrected chi connectivity index (χ0v) is 13.0. The van der Waals surface area contributed by atoms with Crippen LogP contribution in [0, 0.1) is 11.3 Å². The fraction of sp³-hybridized carbons (Fsp3) is 0.625. The molecule has 3 heteroatoms. The second-order valence-electron chi connectivity index (χ2n) is 6.22. The minimum atomic E-state index is -0.0423. The van der Waals surface area contributed by atoms with Gasteiger partial charge in [0.15, 0.2) is 0 Å². The number of hydrogen-bond acceptors (Lipinski definition) is 3. The summed E-state index contributed by atoms with van der Waals surface area (Å²) < 4.78 is 10.7. The largest absolute Gasteiger partial charge is 0.497 e. The topological polar surface area (TPSA) is 44.5 Å². The average Bonchev–Trinajstić information content (AvgIpc) is 2.36. The molecule has 3 nitrogen and oxygen atoms in total. The summed E-state index contributed by atoms with van der Waals surface area (Å²) in [5.74, 6) is 2.17. The molecule has 108 valence electrons. The van der Waals surface area contributed by atoms with Crippen LogP contribution < -0.4 is 15.2 Å². The number of nitrogens with two attached hydrogens (primary N) is 1. The lowest BCUT2D eigenvalue weighted by Gasteiger charge is -2.30. The van der Waals surface area contributed by atoms with Gasteiger partial charge in [-0.05, 0) is 36.0 Å². The van der Waals surface area contributed by atoms with Gasteiger partial charge in [0.05, 0.1) is 14.2 Å². The summed E-state index contributed by atoms with van der Waals surface area (Å²) in [7, 11) is 3.33. The number of rotatable bonds is 5. The average molecular weight is 265 g/mol. The maximum Gasteiger partial charge on any atom is 0.123 e. The first-order chi connectivity index (χ1) is 8.79. The molecule has 1 aromatic carbocycles. The van der Waals surface area contributed by atoms with Crippen LogP contribution in [-0.4, -0.2) is 14.2 Å². The van der Waals surface area contributed by atoms with Gasteiger partial charge >= 0.3 is 0 Å². The van der Waals surface area contributed by atoms with Gasteiger partial charge in [0.2, 0.25) is 0 Å². The van der Waals surface area contributed by atoms with Crippen LogP contribution in [-0.2, 0) is 0 Å². The van der Waals surface area contributed by atoms with Gasteiger partial charge in [0.25, 0.3) is 0 Å². The highest BCUT2D eigenvalue weighted by atomic mass is 16.5. The second-order valence-corrected chi connectivity index (χ2v) is 6.22. The molecule has 0 aliphatic carbocycles. The van der Waals surface area contributed by atoms with E-state index in [2.05, 4.69) is 27.7 Å². The molecule has 0 fully saturated rings. The Kier molecular flexibility index (Phi) is 5.24. The first-order valence-electron chi connectivity index (χ1n) is 6.77. The van der Waals surface area contributed by atoms with E-state index >= 15 is 0 Å². The molecule has 0 spiro atoms. The van der Waals surface area contributed by atoms with Crippen molar-refractivity contribution in [2.45, 2.75) is 40.2 Å². The third-order valence-corrected chi connectivity index (χ3v) is 3.92. The van der Waals surface area contributed by atoms with E-state index in [1.165, 1.54) is 0 Å². The van der Waals surface area contributed by atoms with Crippen LogP contribution in [0.5, 0.6) is 11.5 Å². The lowest BCUT2D eigenvalue weighted by molar-refractivity contribution is 0.232. The third kappa shape index (κ3) is 4.13. The smallest absolute Gasteiger partial charge is 0.123 e. The minimum absolute atomic E-state index is 0.0423. The predicted molar refractivity (Wildman–Crippen MR) is 79.7 cm³/mol. The van der Waals surface area contributed by atoms with E-state index in [0.717, 1.165) is 23.5 Å². The highest BCUT2D eigenvalue weighted by Crippen LogP contribution is 2.36. The molecule has 1 rings (SSSR count). The molecule has 19 heavy (non-hydrogen) atoms. The van der Waals surface area contributed by atoms with E-state index in [9.17, 15) is 0 Å². The lowest BCUT2D eigenvalue weighted by atomic mass is 9.77. The van der Waals surface area contributed by atoms with Crippen molar-refractivity contribution in [3.8, 4) is 11.5 Å². The van der Waals surface area contributed by atoms with Gasteiger partial charge in [-0.15, -0.1) is 0 Å². The predicted octanol–water partition coefficient (Wildman–Crippen LogP) is 3.78. The van der Waals surface area contributed by atoms with Gasteiger partial charge in [0.1, 0.15) is 11.5 Å². The van der Waals surface area contributed by atoms with Crippen molar-refractivity contribution in [1.82, 2.24) is 0 Å². The van der Waals surface area contributed by atoms with Crippen molar-refractivity contribution in [1.29, 1.82) is 0 Å². The normalized spacial score (nSPS) is 14.9. The van der Waals surface area contributed by atoms with Crippen LogP contribution in [0.25, 0.3) is 0 Å². The van der Waals surface area contributed by atoms with Crippen molar-refractivity contribution >= 4 is 0 Å². The number of benzene rings is 1. The van der Waals surface area contributed by atoms with Crippen molar-refractivity contribution in [3.63, 3.8) is 0 Å². The molecule has 0 bridgehead atoms. The Morgan fingerprint density at radius 3 is 2.26 bits per heavy atom. The molecule has 0 aliphatic rings. The SMILES string of the molecule is COc1ccc(OC)c(C(N)CC(C)C(C)(C)C)c1. The zero-order valence-electron chi connectivity index (χ0n) is 13.0. The maximum absolute atomic E-state index is 6.36. The van der Waals surface area contributed by atoms with Gasteiger partial charge in [0, 0.05) is 11.6 Å². The third-order valence-electron chi connectivity index (χ3n) is 3.92. The molecule has 0 saturated heterocycles. The van der Waals surface area contributed by atoms with Crippen LogP contribution >= 0.6 is 0 Å². The number of hydrogen-bond donors (Lipinski definition) is 1. The van der Waals surface area contributed by atoms with Gasteiger partial charge in [-0.25, -0.2) is 0 Å². The molecule has 0 heterocycles. The van der Waals surface area contributed by atoms with Crippen molar-refractivity contribution in [2.75, 3.05) is 14.2 Å². The van der Waals surface area contributed by atoms with Gasteiger partial charge in [-0.3, -0.25) is 0 Å². The first-order valence-corrected chi connectivity index (χ1v) is 6.77. The number of ether oxygens (including phenoxy) is 2. The molecule has 0 radical (unpaired) electrons. The zero-order chi connectivity index (χ0) is 14.6. The lowest BCUT2D eigenvalue weighted by Crippen LogP contribution is -2.23. The summed E-state index contributed by atoms with van der Waals surface area (Å²) >= 11 is 0. The van der Waals surface area contributed by atoms with Gasteiger partial charge < -0.3 is 15.2 Å². The Balaban J connectivity index is 2.94. The molecular weight excluding hydrogens is 238 g/mol. The van der Waals surface area contributed by atoms with E-state index < -0.39 is 0 Å². The molecule has 2 unspecified atom stereocenters. The van der Waals surface area contributed by atoms with Crippen LogP contribution in [0.3, 0.4) is 0 Å². The maximum atomic E-state index is 6.36. The molecule has 0 aliphatic heterocycles. The minimum Gasteiger partial charge on any atom is -0.497 e. The summed E-state index contributed by atoms with van der Waals surface area (Å²) in [6.45, 7) is 8.97. The molecule has 2 N–H and O–H groups in total. The van der Waals surface area contributed by atoms with Crippen LogP contribution in [0.4, 0.5) is 0 Å². The van der Waals surface area contributed by atoms with E-state index in [1.807, 2.05) is 18.2 Å². The Morgan fingerprint density at radius 2 is 1.79 bits per heavy atom. The molecular formula is C16H27NO2. The molecule has 2 atom stereocenters. The molecule has 0 amide bonds. The molecule has 1 aromatic rings. The number of methoxy groups -OCH3 is 2. The van der Waals surface area contributed by atoms with Crippen LogP contribution in [0.1, 0.15) is 45.7 Å². The van der Waals surface area contributed by atoms with E-state index in [0.29, 0.717) is 5.92 Å². The summed E-state index contributed by atoms with van der Waals surface area (Å²) in [5.41, 5.74) is 7.62. The fourth-order valence-electron chi connectivity index (χ4n) is 1.99.